The van der Waals surface area contributed by atoms with Gasteiger partial charge in [-0.2, -0.15) is 4.31 Å². The summed E-state index contributed by atoms with van der Waals surface area (Å²) >= 11 is 0. The van der Waals surface area contributed by atoms with Crippen molar-refractivity contribution in [3.8, 4) is 11.5 Å². The normalized spacial score (nSPS) is 14.9. The van der Waals surface area contributed by atoms with E-state index in [0.717, 1.165) is 19.3 Å². The number of amides is 1. The standard InChI is InChI=1S/C23H24N2O5S/c1-17-20(12-15-29-17)23(26)24-21-16-19(31(27,28)25-13-6-3-7-14-25)10-11-22(21)30-18-8-4-2-5-9-18/h2,4-5,8-12,15-16H,3,6-7,13-14H2,1H3,(H,24,26). The average molecular weight is 441 g/mol. The Morgan fingerprint density at radius 2 is 1.77 bits per heavy atom. The number of nitrogens with one attached hydrogen (secondary N) is 1. The van der Waals surface area contributed by atoms with Crippen molar-refractivity contribution in [2.45, 2.75) is 31.1 Å². The monoisotopic (exact) mass is 440 g/mol. The number of aryl methyl sites for hydroxylation is 1. The maximum atomic E-state index is 13.1. The highest BCUT2D eigenvalue weighted by Gasteiger charge is 2.27. The van der Waals surface area contributed by atoms with E-state index in [0.29, 0.717) is 35.9 Å². The minimum absolute atomic E-state index is 0.119. The Balaban J connectivity index is 1.69. The fourth-order valence-electron chi connectivity index (χ4n) is 3.54. The second-order valence-corrected chi connectivity index (χ2v) is 9.32. The molecule has 4 rings (SSSR count). The first-order valence-electron chi connectivity index (χ1n) is 10.2. The summed E-state index contributed by atoms with van der Waals surface area (Å²) in [6.07, 6.45) is 4.15. The van der Waals surface area contributed by atoms with E-state index in [1.165, 1.54) is 22.7 Å². The molecule has 1 fully saturated rings. The zero-order valence-electron chi connectivity index (χ0n) is 17.2. The number of nitrogens with zero attached hydrogens (tertiary/aromatic N) is 1. The maximum absolute atomic E-state index is 13.1. The Morgan fingerprint density at radius 3 is 2.45 bits per heavy atom. The van der Waals surface area contributed by atoms with E-state index >= 15 is 0 Å². The van der Waals surface area contributed by atoms with Gasteiger partial charge in [0.2, 0.25) is 10.0 Å². The Bertz CT molecular complexity index is 1170. The van der Waals surface area contributed by atoms with Crippen molar-refractivity contribution in [3.63, 3.8) is 0 Å². The predicted octanol–water partition coefficient (Wildman–Crippen LogP) is 4.81. The number of furan rings is 1. The third-order valence-corrected chi connectivity index (χ3v) is 7.12. The Kier molecular flexibility index (Phi) is 6.11. The van der Waals surface area contributed by atoms with Crippen LogP contribution in [0.2, 0.25) is 0 Å². The van der Waals surface area contributed by atoms with Crippen LogP contribution in [-0.4, -0.2) is 31.7 Å². The summed E-state index contributed by atoms with van der Waals surface area (Å²) in [6, 6.07) is 15.2. The number of hydrogen-bond donors (Lipinski definition) is 1. The van der Waals surface area contributed by atoms with Crippen LogP contribution in [0, 0.1) is 6.92 Å². The molecule has 0 atom stereocenters. The van der Waals surface area contributed by atoms with Crippen molar-refractivity contribution in [1.29, 1.82) is 0 Å². The van der Waals surface area contributed by atoms with Crippen molar-refractivity contribution in [2.75, 3.05) is 18.4 Å². The van der Waals surface area contributed by atoms with Gasteiger partial charge in [0.15, 0.2) is 5.75 Å². The summed E-state index contributed by atoms with van der Waals surface area (Å²) in [4.78, 5) is 12.9. The molecule has 162 valence electrons. The van der Waals surface area contributed by atoms with Gasteiger partial charge in [-0.3, -0.25) is 4.79 Å². The van der Waals surface area contributed by atoms with Crippen molar-refractivity contribution in [1.82, 2.24) is 4.31 Å². The van der Waals surface area contributed by atoms with Gasteiger partial charge in [-0.1, -0.05) is 24.6 Å². The van der Waals surface area contributed by atoms with Crippen molar-refractivity contribution < 1.29 is 22.4 Å². The molecule has 31 heavy (non-hydrogen) atoms. The van der Waals surface area contributed by atoms with Crippen LogP contribution in [0.15, 0.2) is 70.2 Å². The highest BCUT2D eigenvalue weighted by molar-refractivity contribution is 7.89. The lowest BCUT2D eigenvalue weighted by Crippen LogP contribution is -2.35. The molecule has 2 aromatic carbocycles. The average Bonchev–Trinajstić information content (AvgIpc) is 3.22. The van der Waals surface area contributed by atoms with Gasteiger partial charge in [0.25, 0.3) is 5.91 Å². The van der Waals surface area contributed by atoms with Crippen LogP contribution >= 0.6 is 0 Å². The van der Waals surface area contributed by atoms with E-state index in [2.05, 4.69) is 5.32 Å². The van der Waals surface area contributed by atoms with E-state index in [-0.39, 0.29) is 10.6 Å². The second kappa shape index (κ2) is 8.95. The molecule has 8 heteroatoms. The third kappa shape index (κ3) is 4.65. The Morgan fingerprint density at radius 1 is 1.03 bits per heavy atom. The first-order chi connectivity index (χ1) is 14.9. The van der Waals surface area contributed by atoms with E-state index in [1.807, 2.05) is 18.2 Å². The molecule has 1 amide bonds. The zero-order chi connectivity index (χ0) is 21.8. The molecular weight excluding hydrogens is 416 g/mol. The van der Waals surface area contributed by atoms with E-state index in [9.17, 15) is 13.2 Å². The summed E-state index contributed by atoms with van der Waals surface area (Å²) < 4.78 is 38.9. The minimum atomic E-state index is -3.66. The smallest absolute Gasteiger partial charge is 0.259 e. The summed E-state index contributed by atoms with van der Waals surface area (Å²) in [5.41, 5.74) is 0.641. The number of ether oxygens (including phenoxy) is 1. The lowest BCUT2D eigenvalue weighted by molar-refractivity contribution is 0.102. The zero-order valence-corrected chi connectivity index (χ0v) is 18.0. The van der Waals surface area contributed by atoms with Gasteiger partial charge in [0.1, 0.15) is 11.5 Å². The number of benzene rings is 2. The van der Waals surface area contributed by atoms with Gasteiger partial charge in [-0.25, -0.2) is 8.42 Å². The second-order valence-electron chi connectivity index (χ2n) is 7.38. The largest absolute Gasteiger partial charge is 0.469 e. The summed E-state index contributed by atoms with van der Waals surface area (Å²) in [6.45, 7) is 2.69. The first kappa shape index (κ1) is 21.1. The van der Waals surface area contributed by atoms with E-state index < -0.39 is 15.9 Å². The van der Waals surface area contributed by atoms with Gasteiger partial charge >= 0.3 is 0 Å². The number of carbonyl (C=O) groups excluding carboxylic acids is 1. The van der Waals surface area contributed by atoms with E-state index in [4.69, 9.17) is 9.15 Å². The topological polar surface area (TPSA) is 88.8 Å². The van der Waals surface area contributed by atoms with Gasteiger partial charge in [-0.05, 0) is 56.2 Å². The number of para-hydroxylation sites is 1. The highest BCUT2D eigenvalue weighted by atomic mass is 32.2. The molecule has 0 saturated carbocycles. The molecule has 0 spiro atoms. The fraction of sp³-hybridized carbons (Fsp3) is 0.261. The number of hydrogen-bond acceptors (Lipinski definition) is 5. The quantitative estimate of drug-likeness (QED) is 0.594. The molecule has 0 bridgehead atoms. The molecule has 0 radical (unpaired) electrons. The maximum Gasteiger partial charge on any atom is 0.259 e. The third-order valence-electron chi connectivity index (χ3n) is 5.23. The summed E-state index contributed by atoms with van der Waals surface area (Å²) in [7, 11) is -3.66. The molecule has 1 aromatic heterocycles. The number of anilines is 1. The van der Waals surface area contributed by atoms with Crippen LogP contribution in [0.4, 0.5) is 5.69 Å². The number of rotatable bonds is 6. The van der Waals surface area contributed by atoms with Crippen LogP contribution in [0.25, 0.3) is 0 Å². The van der Waals surface area contributed by atoms with Crippen molar-refractivity contribution in [3.05, 3.63) is 72.2 Å². The highest BCUT2D eigenvalue weighted by Crippen LogP contribution is 2.33. The molecule has 0 aliphatic carbocycles. The van der Waals surface area contributed by atoms with Crippen LogP contribution < -0.4 is 10.1 Å². The Hall–Kier alpha value is -3.10. The van der Waals surface area contributed by atoms with Gasteiger partial charge in [0, 0.05) is 13.1 Å². The Labute approximate surface area is 181 Å². The lowest BCUT2D eigenvalue weighted by Gasteiger charge is -2.26. The summed E-state index contributed by atoms with van der Waals surface area (Å²) in [5, 5.41) is 2.78. The number of carbonyl (C=O) groups is 1. The molecule has 7 nitrogen and oxygen atoms in total. The van der Waals surface area contributed by atoms with Crippen LogP contribution in [0.1, 0.15) is 35.4 Å². The number of sulfonamides is 1. The molecule has 1 aliphatic rings. The molecule has 3 aromatic rings. The first-order valence-corrected chi connectivity index (χ1v) is 11.6. The molecule has 1 saturated heterocycles. The molecule has 1 aliphatic heterocycles. The molecule has 2 heterocycles. The van der Waals surface area contributed by atoms with Gasteiger partial charge in [0.05, 0.1) is 22.4 Å². The molecule has 1 N–H and O–H groups in total. The van der Waals surface area contributed by atoms with Gasteiger partial charge < -0.3 is 14.5 Å². The predicted molar refractivity (Wildman–Crippen MR) is 117 cm³/mol. The lowest BCUT2D eigenvalue weighted by atomic mass is 10.2. The molecular formula is C23H24N2O5S. The summed E-state index contributed by atoms with van der Waals surface area (Å²) in [5.74, 6) is 0.985. The fourth-order valence-corrected chi connectivity index (χ4v) is 5.08. The van der Waals surface area contributed by atoms with Gasteiger partial charge in [-0.15, -0.1) is 0 Å². The van der Waals surface area contributed by atoms with Crippen molar-refractivity contribution >= 4 is 21.6 Å². The van der Waals surface area contributed by atoms with E-state index in [1.54, 1.807) is 31.2 Å². The van der Waals surface area contributed by atoms with Crippen LogP contribution in [-0.2, 0) is 10.0 Å². The minimum Gasteiger partial charge on any atom is -0.469 e. The number of piperidine rings is 1. The SMILES string of the molecule is Cc1occc1C(=O)Nc1cc(S(=O)(=O)N2CCCCC2)ccc1Oc1ccccc1. The molecule has 0 unspecified atom stereocenters. The van der Waals surface area contributed by atoms with Crippen molar-refractivity contribution in [2.24, 2.45) is 0 Å². The van der Waals surface area contributed by atoms with Crippen LogP contribution in [0.3, 0.4) is 0 Å². The van der Waals surface area contributed by atoms with Crippen LogP contribution in [0.5, 0.6) is 11.5 Å².